The zero-order valence-electron chi connectivity index (χ0n) is 12.2. The summed E-state index contributed by atoms with van der Waals surface area (Å²) in [5.74, 6) is 0. The average molecular weight is 277 g/mol. The van der Waals surface area contributed by atoms with Crippen LogP contribution in [-0.2, 0) is 8.23 Å². The van der Waals surface area contributed by atoms with Crippen LogP contribution >= 0.6 is 0 Å². The fraction of sp³-hybridized carbons (Fsp3) is 0.818. The van der Waals surface area contributed by atoms with E-state index in [4.69, 9.17) is 8.23 Å². The molecule has 0 aliphatic rings. The lowest BCUT2D eigenvalue weighted by Crippen LogP contribution is -2.52. The van der Waals surface area contributed by atoms with E-state index in [-0.39, 0.29) is 0 Å². The van der Waals surface area contributed by atoms with Gasteiger partial charge in [-0.2, -0.15) is 0 Å². The van der Waals surface area contributed by atoms with Crippen LogP contribution in [0.4, 0.5) is 0 Å². The SMILES string of the molecule is CC=CC[Si](C)(O[Si](C)(C)C)O[Si](C)(C)C. The van der Waals surface area contributed by atoms with Crippen LogP contribution in [0, 0.1) is 0 Å². The van der Waals surface area contributed by atoms with Crippen LogP contribution in [0.1, 0.15) is 6.92 Å². The Morgan fingerprint density at radius 2 is 1.19 bits per heavy atom. The highest BCUT2D eigenvalue weighted by molar-refractivity contribution is 6.87. The fourth-order valence-electron chi connectivity index (χ4n) is 1.73. The van der Waals surface area contributed by atoms with E-state index in [0.29, 0.717) is 0 Å². The van der Waals surface area contributed by atoms with Crippen molar-refractivity contribution in [2.24, 2.45) is 0 Å². The number of hydrogen-bond acceptors (Lipinski definition) is 2. The summed E-state index contributed by atoms with van der Waals surface area (Å²) in [4.78, 5) is 0. The molecule has 96 valence electrons. The van der Waals surface area contributed by atoms with Crippen LogP contribution in [0.3, 0.4) is 0 Å². The second kappa shape index (κ2) is 5.77. The number of hydrogen-bond donors (Lipinski definition) is 0. The van der Waals surface area contributed by atoms with Crippen LogP contribution in [0.5, 0.6) is 0 Å². The molecule has 0 rings (SSSR count). The van der Waals surface area contributed by atoms with Crippen molar-refractivity contribution in [1.82, 2.24) is 0 Å². The van der Waals surface area contributed by atoms with Crippen LogP contribution < -0.4 is 0 Å². The standard InChI is InChI=1S/C11H28O2Si3/c1-9-10-11-16(8,12-14(2,3)4)13-15(5,6)7/h9-10H,11H2,1-8H3. The van der Waals surface area contributed by atoms with E-state index in [1.54, 1.807) is 0 Å². The molecule has 0 aliphatic heterocycles. The number of allylic oxidation sites excluding steroid dienone is 2. The normalized spacial score (nSPS) is 14.8. The smallest absolute Gasteiger partial charge is 0.318 e. The van der Waals surface area contributed by atoms with Crippen LogP contribution in [0.25, 0.3) is 0 Å². The third kappa shape index (κ3) is 8.46. The molecule has 16 heavy (non-hydrogen) atoms. The van der Waals surface area contributed by atoms with E-state index >= 15 is 0 Å². The summed E-state index contributed by atoms with van der Waals surface area (Å²) >= 11 is 0. The molecule has 0 amide bonds. The van der Waals surface area contributed by atoms with E-state index in [0.717, 1.165) is 6.04 Å². The largest absolute Gasteiger partial charge is 0.436 e. The van der Waals surface area contributed by atoms with Gasteiger partial charge < -0.3 is 8.23 Å². The van der Waals surface area contributed by atoms with Gasteiger partial charge in [0.1, 0.15) is 0 Å². The lowest BCUT2D eigenvalue weighted by atomic mass is 10.6. The predicted molar refractivity (Wildman–Crippen MR) is 80.1 cm³/mol. The van der Waals surface area contributed by atoms with Gasteiger partial charge in [0.25, 0.3) is 0 Å². The highest BCUT2D eigenvalue weighted by Crippen LogP contribution is 2.24. The predicted octanol–water partition coefficient (Wildman–Crippen LogP) is 4.34. The summed E-state index contributed by atoms with van der Waals surface area (Å²) < 4.78 is 12.7. The first kappa shape index (κ1) is 16.3. The fourth-order valence-corrected chi connectivity index (χ4v) is 14.0. The van der Waals surface area contributed by atoms with Crippen LogP contribution in [0.2, 0.25) is 51.9 Å². The molecule has 0 heterocycles. The zero-order valence-corrected chi connectivity index (χ0v) is 15.2. The third-order valence-corrected chi connectivity index (χ3v) is 11.1. The molecule has 0 saturated carbocycles. The molecule has 5 heteroatoms. The summed E-state index contributed by atoms with van der Waals surface area (Å²) in [6.45, 7) is 17.7. The highest BCUT2D eigenvalue weighted by Gasteiger charge is 2.39. The summed E-state index contributed by atoms with van der Waals surface area (Å²) in [5, 5.41) is 0. The maximum absolute atomic E-state index is 6.34. The Morgan fingerprint density at radius 1 is 0.812 bits per heavy atom. The van der Waals surface area contributed by atoms with E-state index < -0.39 is 25.2 Å². The zero-order chi connectivity index (χ0) is 13.0. The molecule has 2 nitrogen and oxygen atoms in total. The number of rotatable bonds is 6. The van der Waals surface area contributed by atoms with Gasteiger partial charge >= 0.3 is 8.56 Å². The molecule has 0 radical (unpaired) electrons. The summed E-state index contributed by atoms with van der Waals surface area (Å²) in [7, 11) is -5.04. The Balaban J connectivity index is 4.74. The monoisotopic (exact) mass is 276 g/mol. The lowest BCUT2D eigenvalue weighted by Gasteiger charge is -2.38. The minimum absolute atomic E-state index is 0.970. The first-order chi connectivity index (χ1) is 6.97. The van der Waals surface area contributed by atoms with Crippen molar-refractivity contribution in [3.63, 3.8) is 0 Å². The van der Waals surface area contributed by atoms with E-state index in [2.05, 4.69) is 64.9 Å². The maximum atomic E-state index is 6.34. The van der Waals surface area contributed by atoms with E-state index in [1.165, 1.54) is 0 Å². The summed E-state index contributed by atoms with van der Waals surface area (Å²) in [5.41, 5.74) is 0. The molecule has 0 saturated heterocycles. The van der Waals surface area contributed by atoms with Crippen molar-refractivity contribution < 1.29 is 8.23 Å². The van der Waals surface area contributed by atoms with Crippen molar-refractivity contribution in [2.75, 3.05) is 0 Å². The Morgan fingerprint density at radius 3 is 1.44 bits per heavy atom. The van der Waals surface area contributed by atoms with Gasteiger partial charge in [0.2, 0.25) is 0 Å². The summed E-state index contributed by atoms with van der Waals surface area (Å²) in [6, 6.07) is 0.970. The first-order valence-electron chi connectivity index (χ1n) is 5.99. The van der Waals surface area contributed by atoms with Gasteiger partial charge in [-0.15, -0.1) is 0 Å². The molecule has 0 unspecified atom stereocenters. The first-order valence-corrected chi connectivity index (χ1v) is 15.3. The topological polar surface area (TPSA) is 18.5 Å². The van der Waals surface area contributed by atoms with Gasteiger partial charge in [0.05, 0.1) is 0 Å². The minimum atomic E-state index is -2.00. The Hall–Kier alpha value is 0.311. The van der Waals surface area contributed by atoms with Crippen LogP contribution in [-0.4, -0.2) is 25.2 Å². The molecule has 0 aromatic heterocycles. The summed E-state index contributed by atoms with van der Waals surface area (Å²) in [6.07, 6.45) is 4.28. The molecule has 0 bridgehead atoms. The van der Waals surface area contributed by atoms with Crippen molar-refractivity contribution >= 4 is 25.2 Å². The molecule has 0 N–H and O–H groups in total. The maximum Gasteiger partial charge on any atom is 0.318 e. The second-order valence-corrected chi connectivity index (χ2v) is 19.1. The van der Waals surface area contributed by atoms with Crippen molar-refractivity contribution in [3.05, 3.63) is 12.2 Å². The lowest BCUT2D eigenvalue weighted by molar-refractivity contribution is 0.389. The molecular weight excluding hydrogens is 248 g/mol. The van der Waals surface area contributed by atoms with Gasteiger partial charge in [-0.25, -0.2) is 0 Å². The molecule has 0 atom stereocenters. The van der Waals surface area contributed by atoms with E-state index in [9.17, 15) is 0 Å². The Labute approximate surface area is 105 Å². The van der Waals surface area contributed by atoms with Crippen LogP contribution in [0.15, 0.2) is 12.2 Å². The van der Waals surface area contributed by atoms with Gasteiger partial charge in [-0.05, 0) is 52.8 Å². The highest BCUT2D eigenvalue weighted by atomic mass is 28.5. The molecule has 0 aromatic carbocycles. The third-order valence-electron chi connectivity index (χ3n) is 1.77. The second-order valence-electron chi connectivity index (χ2n) is 6.34. The quantitative estimate of drug-likeness (QED) is 0.531. The van der Waals surface area contributed by atoms with E-state index in [1.807, 2.05) is 0 Å². The van der Waals surface area contributed by atoms with Crippen molar-refractivity contribution in [3.8, 4) is 0 Å². The minimum Gasteiger partial charge on any atom is -0.436 e. The van der Waals surface area contributed by atoms with Gasteiger partial charge in [0, 0.05) is 6.04 Å². The Kier molecular flexibility index (Phi) is 5.88. The Bertz CT molecular complexity index is 223. The average Bonchev–Trinajstić information content (AvgIpc) is 1.93. The molecule has 0 fully saturated rings. The van der Waals surface area contributed by atoms with Crippen molar-refractivity contribution in [1.29, 1.82) is 0 Å². The van der Waals surface area contributed by atoms with Gasteiger partial charge in [0.15, 0.2) is 16.6 Å². The van der Waals surface area contributed by atoms with Gasteiger partial charge in [-0.3, -0.25) is 0 Å². The van der Waals surface area contributed by atoms with Crippen molar-refractivity contribution in [2.45, 2.75) is 58.8 Å². The van der Waals surface area contributed by atoms with Gasteiger partial charge in [-0.1, -0.05) is 12.2 Å². The molecule has 0 spiro atoms. The molecular formula is C11H28O2Si3. The molecule has 0 aromatic rings. The molecule has 0 aliphatic carbocycles.